The Kier molecular flexibility index (Phi) is 4.21. The predicted molar refractivity (Wildman–Crippen MR) is 77.1 cm³/mol. The van der Waals surface area contributed by atoms with Gasteiger partial charge in [-0.15, -0.1) is 0 Å². The van der Waals surface area contributed by atoms with Crippen LogP contribution in [0.5, 0.6) is 5.75 Å². The largest absolute Gasteiger partial charge is 0.495 e. The van der Waals surface area contributed by atoms with Crippen LogP contribution in [-0.4, -0.2) is 21.9 Å². The van der Waals surface area contributed by atoms with Gasteiger partial charge >= 0.3 is 0 Å². The van der Waals surface area contributed by atoms with Gasteiger partial charge in [0.15, 0.2) is 0 Å². The number of rotatable bonds is 4. The van der Waals surface area contributed by atoms with Gasteiger partial charge in [-0.3, -0.25) is 9.67 Å². The number of halogens is 1. The lowest BCUT2D eigenvalue weighted by atomic mass is 10.0. The van der Waals surface area contributed by atoms with E-state index < -0.39 is 0 Å². The zero-order valence-electron chi connectivity index (χ0n) is 11.2. The van der Waals surface area contributed by atoms with Crippen molar-refractivity contribution in [2.45, 2.75) is 25.9 Å². The van der Waals surface area contributed by atoms with Crippen molar-refractivity contribution in [2.24, 2.45) is 5.73 Å². The number of nitrogens with two attached hydrogens (primary N) is 1. The first-order valence-corrected chi connectivity index (χ1v) is 6.82. The fourth-order valence-corrected chi connectivity index (χ4v) is 2.54. The first kappa shape index (κ1) is 14.0. The molecule has 1 atom stereocenters. The highest BCUT2D eigenvalue weighted by molar-refractivity contribution is 9.10. The first-order chi connectivity index (χ1) is 9.06. The Bertz CT molecular complexity index is 568. The molecule has 2 N–H and O–H groups in total. The van der Waals surface area contributed by atoms with E-state index >= 15 is 0 Å². The Morgan fingerprint density at radius 1 is 1.37 bits per heavy atom. The minimum Gasteiger partial charge on any atom is -0.495 e. The SMILES string of the molecule is COc1cnccc1C(N)c1c(Br)cnn1C(C)C. The third kappa shape index (κ3) is 2.64. The second-order valence-electron chi connectivity index (χ2n) is 4.51. The van der Waals surface area contributed by atoms with Crippen LogP contribution in [-0.2, 0) is 0 Å². The number of ether oxygens (including phenoxy) is 1. The van der Waals surface area contributed by atoms with Gasteiger partial charge in [0.2, 0.25) is 0 Å². The lowest BCUT2D eigenvalue weighted by molar-refractivity contribution is 0.403. The van der Waals surface area contributed by atoms with Crippen LogP contribution in [0.2, 0.25) is 0 Å². The number of methoxy groups -OCH3 is 1. The average molecular weight is 325 g/mol. The van der Waals surface area contributed by atoms with Crippen LogP contribution < -0.4 is 10.5 Å². The number of hydrogen-bond donors (Lipinski definition) is 1. The summed E-state index contributed by atoms with van der Waals surface area (Å²) >= 11 is 3.51. The van der Waals surface area contributed by atoms with Gasteiger partial charge in [-0.1, -0.05) is 0 Å². The number of aromatic nitrogens is 3. The molecule has 0 amide bonds. The molecule has 2 aromatic heterocycles. The van der Waals surface area contributed by atoms with E-state index in [-0.39, 0.29) is 12.1 Å². The Morgan fingerprint density at radius 2 is 2.11 bits per heavy atom. The number of pyridine rings is 1. The zero-order chi connectivity index (χ0) is 14.0. The van der Waals surface area contributed by atoms with Gasteiger partial charge in [-0.25, -0.2) is 0 Å². The van der Waals surface area contributed by atoms with Crippen LogP contribution in [0.15, 0.2) is 29.1 Å². The molecule has 2 aromatic rings. The topological polar surface area (TPSA) is 66.0 Å². The smallest absolute Gasteiger partial charge is 0.142 e. The third-order valence-corrected chi connectivity index (χ3v) is 3.55. The summed E-state index contributed by atoms with van der Waals surface area (Å²) in [4.78, 5) is 4.05. The molecule has 0 bridgehead atoms. The fourth-order valence-electron chi connectivity index (χ4n) is 2.02. The molecule has 0 radical (unpaired) electrons. The molecule has 5 nitrogen and oxygen atoms in total. The average Bonchev–Trinajstić information content (AvgIpc) is 2.80. The molecule has 1 unspecified atom stereocenters. The molecule has 102 valence electrons. The summed E-state index contributed by atoms with van der Waals surface area (Å²) in [7, 11) is 1.61. The van der Waals surface area contributed by atoms with E-state index in [2.05, 4.69) is 39.9 Å². The van der Waals surface area contributed by atoms with E-state index in [1.165, 1.54) is 0 Å². The van der Waals surface area contributed by atoms with Crippen molar-refractivity contribution in [1.82, 2.24) is 14.8 Å². The van der Waals surface area contributed by atoms with E-state index in [0.717, 1.165) is 15.7 Å². The maximum atomic E-state index is 6.38. The maximum Gasteiger partial charge on any atom is 0.142 e. The van der Waals surface area contributed by atoms with Gasteiger partial charge < -0.3 is 10.5 Å². The van der Waals surface area contributed by atoms with Crippen molar-refractivity contribution in [3.63, 3.8) is 0 Å². The lowest BCUT2D eigenvalue weighted by Crippen LogP contribution is -2.20. The quantitative estimate of drug-likeness (QED) is 0.938. The van der Waals surface area contributed by atoms with Gasteiger partial charge in [-0.2, -0.15) is 5.10 Å². The van der Waals surface area contributed by atoms with Crippen LogP contribution >= 0.6 is 15.9 Å². The minimum atomic E-state index is -0.322. The van der Waals surface area contributed by atoms with Crippen molar-refractivity contribution in [3.8, 4) is 5.75 Å². The van der Waals surface area contributed by atoms with Crippen LogP contribution in [0.25, 0.3) is 0 Å². The second-order valence-corrected chi connectivity index (χ2v) is 5.37. The lowest BCUT2D eigenvalue weighted by Gasteiger charge is -2.19. The van der Waals surface area contributed by atoms with Crippen molar-refractivity contribution < 1.29 is 4.74 Å². The predicted octanol–water partition coefficient (Wildman–Crippen LogP) is 2.68. The molecular formula is C13H17BrN4O. The molecule has 2 rings (SSSR count). The summed E-state index contributed by atoms with van der Waals surface area (Å²) < 4.78 is 8.12. The van der Waals surface area contributed by atoms with Crippen LogP contribution in [0.1, 0.15) is 37.2 Å². The third-order valence-electron chi connectivity index (χ3n) is 2.94. The summed E-state index contributed by atoms with van der Waals surface area (Å²) in [5.74, 6) is 0.679. The van der Waals surface area contributed by atoms with Gasteiger partial charge in [0.1, 0.15) is 5.75 Å². The molecule has 19 heavy (non-hydrogen) atoms. The molecule has 0 saturated heterocycles. The summed E-state index contributed by atoms with van der Waals surface area (Å²) in [6.07, 6.45) is 5.14. The molecule has 0 aromatic carbocycles. The fraction of sp³-hybridized carbons (Fsp3) is 0.385. The number of nitrogens with zero attached hydrogens (tertiary/aromatic N) is 3. The zero-order valence-corrected chi connectivity index (χ0v) is 12.8. The maximum absolute atomic E-state index is 6.38. The molecule has 0 fully saturated rings. The van der Waals surface area contributed by atoms with Crippen molar-refractivity contribution in [1.29, 1.82) is 0 Å². The molecule has 0 aliphatic carbocycles. The Balaban J connectivity index is 2.50. The molecule has 0 spiro atoms. The van der Waals surface area contributed by atoms with Crippen molar-refractivity contribution in [3.05, 3.63) is 40.4 Å². The summed E-state index contributed by atoms with van der Waals surface area (Å²) in [5.41, 5.74) is 8.20. The number of hydrogen-bond acceptors (Lipinski definition) is 4. The highest BCUT2D eigenvalue weighted by Crippen LogP contribution is 2.32. The molecule has 2 heterocycles. The van der Waals surface area contributed by atoms with Crippen molar-refractivity contribution in [2.75, 3.05) is 7.11 Å². The van der Waals surface area contributed by atoms with Gasteiger partial charge in [0, 0.05) is 17.8 Å². The van der Waals surface area contributed by atoms with E-state index in [1.807, 2.05) is 10.7 Å². The molecule has 0 saturated carbocycles. The minimum absolute atomic E-state index is 0.236. The summed E-state index contributed by atoms with van der Waals surface area (Å²) in [6, 6.07) is 1.78. The highest BCUT2D eigenvalue weighted by Gasteiger charge is 2.22. The molecular weight excluding hydrogens is 308 g/mol. The standard InChI is InChI=1S/C13H17BrN4O/c1-8(2)18-13(10(14)6-17-18)12(15)9-4-5-16-7-11(9)19-3/h4-8,12H,15H2,1-3H3. The van der Waals surface area contributed by atoms with E-state index in [4.69, 9.17) is 10.5 Å². The monoisotopic (exact) mass is 324 g/mol. The van der Waals surface area contributed by atoms with Crippen LogP contribution in [0, 0.1) is 0 Å². The molecule has 6 heteroatoms. The van der Waals surface area contributed by atoms with E-state index in [0.29, 0.717) is 5.75 Å². The summed E-state index contributed by atoms with van der Waals surface area (Å²) in [5, 5.41) is 4.35. The van der Waals surface area contributed by atoms with Gasteiger partial charge in [0.25, 0.3) is 0 Å². The first-order valence-electron chi connectivity index (χ1n) is 6.02. The van der Waals surface area contributed by atoms with Gasteiger partial charge in [-0.05, 0) is 35.8 Å². The normalized spacial score (nSPS) is 12.7. The summed E-state index contributed by atoms with van der Waals surface area (Å²) in [6.45, 7) is 4.14. The Morgan fingerprint density at radius 3 is 2.74 bits per heavy atom. The van der Waals surface area contributed by atoms with Gasteiger partial charge in [0.05, 0.1) is 35.7 Å². The highest BCUT2D eigenvalue weighted by atomic mass is 79.9. The second kappa shape index (κ2) is 5.71. The molecule has 0 aliphatic rings. The van der Waals surface area contributed by atoms with Crippen LogP contribution in [0.3, 0.4) is 0 Å². The van der Waals surface area contributed by atoms with E-state index in [9.17, 15) is 0 Å². The van der Waals surface area contributed by atoms with Crippen LogP contribution in [0.4, 0.5) is 0 Å². The molecule has 0 aliphatic heterocycles. The van der Waals surface area contributed by atoms with E-state index in [1.54, 1.807) is 25.7 Å². The Hall–Kier alpha value is -1.40. The van der Waals surface area contributed by atoms with Crippen molar-refractivity contribution >= 4 is 15.9 Å². The Labute approximate surface area is 120 Å².